The molecule has 2 fully saturated rings. The summed E-state index contributed by atoms with van der Waals surface area (Å²) in [5.41, 5.74) is 7.84. The summed E-state index contributed by atoms with van der Waals surface area (Å²) in [5, 5.41) is 1.13. The van der Waals surface area contributed by atoms with E-state index in [1.165, 1.54) is 18.4 Å². The Morgan fingerprint density at radius 1 is 1.48 bits per heavy atom. The third kappa shape index (κ3) is 2.74. The molecule has 1 aliphatic heterocycles. The summed E-state index contributed by atoms with van der Waals surface area (Å²) in [5.74, 6) is 0.166. The number of hydrogen-bond donors (Lipinski definition) is 1. The maximum Gasteiger partial charge on any atom is 0.350 e. The van der Waals surface area contributed by atoms with E-state index in [2.05, 4.69) is 18.7 Å². The molecule has 2 aliphatic rings. The van der Waals surface area contributed by atoms with Gasteiger partial charge >= 0.3 is 5.97 Å². The van der Waals surface area contributed by atoms with Crippen LogP contribution in [0.25, 0.3) is 0 Å². The van der Waals surface area contributed by atoms with Gasteiger partial charge < -0.3 is 20.1 Å². The minimum Gasteiger partial charge on any atom is -0.465 e. The predicted octanol–water partition coefficient (Wildman–Crippen LogP) is 2.61. The van der Waals surface area contributed by atoms with Crippen molar-refractivity contribution in [2.75, 3.05) is 37.4 Å². The highest BCUT2D eigenvalue weighted by molar-refractivity contribution is 7.18. The van der Waals surface area contributed by atoms with Crippen molar-refractivity contribution in [2.24, 2.45) is 0 Å². The number of ether oxygens (including phenoxy) is 2. The minimum atomic E-state index is -0.335. The van der Waals surface area contributed by atoms with Gasteiger partial charge in [-0.25, -0.2) is 4.79 Å². The Kier molecular flexibility index (Phi) is 3.61. The van der Waals surface area contributed by atoms with Gasteiger partial charge in [0.2, 0.25) is 0 Å². The van der Waals surface area contributed by atoms with Gasteiger partial charge in [-0.15, -0.1) is 11.3 Å². The standard InChI is InChI=1S/C15H22N2O3S/c1-15(2)8-17(6-7-20-15)13-10(9-4-5-9)11(16)12(21-13)14(18)19-3/h9H,4-8,16H2,1-3H3. The van der Waals surface area contributed by atoms with Crippen LogP contribution >= 0.6 is 11.3 Å². The highest BCUT2D eigenvalue weighted by Gasteiger charge is 2.37. The molecule has 0 spiro atoms. The Bertz CT molecular complexity index is 564. The smallest absolute Gasteiger partial charge is 0.350 e. The van der Waals surface area contributed by atoms with Crippen LogP contribution in [0.2, 0.25) is 0 Å². The fourth-order valence-corrected chi connectivity index (χ4v) is 4.13. The van der Waals surface area contributed by atoms with E-state index in [1.54, 1.807) is 0 Å². The van der Waals surface area contributed by atoms with Crippen LogP contribution in [0, 0.1) is 0 Å². The lowest BCUT2D eigenvalue weighted by atomic mass is 10.1. The SMILES string of the molecule is COC(=O)c1sc(N2CCOC(C)(C)C2)c(C2CC2)c1N. The summed E-state index contributed by atoms with van der Waals surface area (Å²) in [6.45, 7) is 6.53. The van der Waals surface area contributed by atoms with Gasteiger partial charge in [-0.05, 0) is 32.6 Å². The number of methoxy groups -OCH3 is 1. The molecular weight excluding hydrogens is 288 g/mol. The summed E-state index contributed by atoms with van der Waals surface area (Å²) >= 11 is 1.47. The van der Waals surface area contributed by atoms with Crippen molar-refractivity contribution < 1.29 is 14.3 Å². The number of anilines is 2. The van der Waals surface area contributed by atoms with Crippen LogP contribution in [0.15, 0.2) is 0 Å². The summed E-state index contributed by atoms with van der Waals surface area (Å²) < 4.78 is 10.6. The van der Waals surface area contributed by atoms with Gasteiger partial charge in [0.15, 0.2) is 0 Å². The highest BCUT2D eigenvalue weighted by atomic mass is 32.1. The molecule has 1 saturated heterocycles. The first kappa shape index (κ1) is 14.7. The molecule has 0 aromatic carbocycles. The fraction of sp³-hybridized carbons (Fsp3) is 0.667. The second-order valence-corrected chi connectivity index (χ2v) is 7.36. The Labute approximate surface area is 129 Å². The summed E-state index contributed by atoms with van der Waals surface area (Å²) in [4.78, 5) is 14.8. The van der Waals surface area contributed by atoms with Crippen molar-refractivity contribution in [3.05, 3.63) is 10.4 Å². The van der Waals surface area contributed by atoms with E-state index >= 15 is 0 Å². The quantitative estimate of drug-likeness (QED) is 0.869. The van der Waals surface area contributed by atoms with Crippen LogP contribution in [-0.4, -0.2) is 38.4 Å². The lowest BCUT2D eigenvalue weighted by Gasteiger charge is -2.39. The number of carbonyl (C=O) groups is 1. The van der Waals surface area contributed by atoms with Crippen LogP contribution < -0.4 is 10.6 Å². The average Bonchev–Trinajstić information content (AvgIpc) is 3.20. The molecule has 6 heteroatoms. The second kappa shape index (κ2) is 5.18. The third-order valence-electron chi connectivity index (χ3n) is 4.03. The largest absolute Gasteiger partial charge is 0.465 e. The number of nitrogens with zero attached hydrogens (tertiary/aromatic N) is 1. The normalized spacial score (nSPS) is 21.4. The number of thiophene rings is 1. The Hall–Kier alpha value is -1.27. The zero-order valence-corrected chi connectivity index (χ0v) is 13.6. The van der Waals surface area contributed by atoms with Crippen LogP contribution in [-0.2, 0) is 9.47 Å². The number of morpholine rings is 1. The van der Waals surface area contributed by atoms with E-state index in [4.69, 9.17) is 15.2 Å². The maximum atomic E-state index is 11.9. The van der Waals surface area contributed by atoms with E-state index in [0.717, 1.165) is 36.5 Å². The van der Waals surface area contributed by atoms with Crippen molar-refractivity contribution in [1.82, 2.24) is 0 Å². The van der Waals surface area contributed by atoms with Crippen LogP contribution in [0.3, 0.4) is 0 Å². The van der Waals surface area contributed by atoms with Crippen molar-refractivity contribution >= 4 is 28.0 Å². The number of hydrogen-bond acceptors (Lipinski definition) is 6. The molecule has 0 bridgehead atoms. The molecule has 1 saturated carbocycles. The molecule has 116 valence electrons. The summed E-state index contributed by atoms with van der Waals surface area (Å²) in [6, 6.07) is 0. The average molecular weight is 310 g/mol. The molecule has 1 aliphatic carbocycles. The van der Waals surface area contributed by atoms with Crippen molar-refractivity contribution in [1.29, 1.82) is 0 Å². The Morgan fingerprint density at radius 3 is 2.76 bits per heavy atom. The number of esters is 1. The van der Waals surface area contributed by atoms with Crippen LogP contribution in [0.5, 0.6) is 0 Å². The Balaban J connectivity index is 1.99. The van der Waals surface area contributed by atoms with E-state index in [0.29, 0.717) is 23.1 Å². The van der Waals surface area contributed by atoms with Gasteiger partial charge in [0.05, 0.1) is 30.0 Å². The van der Waals surface area contributed by atoms with Gasteiger partial charge in [0, 0.05) is 18.7 Å². The number of carbonyl (C=O) groups excluding carboxylic acids is 1. The molecular formula is C15H22N2O3S. The second-order valence-electron chi connectivity index (χ2n) is 6.36. The van der Waals surface area contributed by atoms with Crippen molar-refractivity contribution in [3.63, 3.8) is 0 Å². The zero-order valence-electron chi connectivity index (χ0n) is 12.8. The molecule has 0 radical (unpaired) electrons. The summed E-state index contributed by atoms with van der Waals surface area (Å²) in [6.07, 6.45) is 2.31. The van der Waals surface area contributed by atoms with Gasteiger partial charge in [0.25, 0.3) is 0 Å². The predicted molar refractivity (Wildman–Crippen MR) is 84.3 cm³/mol. The van der Waals surface area contributed by atoms with E-state index < -0.39 is 0 Å². The van der Waals surface area contributed by atoms with Gasteiger partial charge in [-0.2, -0.15) is 0 Å². The molecule has 3 rings (SSSR count). The van der Waals surface area contributed by atoms with E-state index in [1.807, 2.05) is 0 Å². The van der Waals surface area contributed by atoms with Crippen LogP contribution in [0.4, 0.5) is 10.7 Å². The lowest BCUT2D eigenvalue weighted by molar-refractivity contribution is -0.0275. The molecule has 2 N–H and O–H groups in total. The molecule has 1 aromatic heterocycles. The van der Waals surface area contributed by atoms with Gasteiger partial charge in [-0.3, -0.25) is 0 Å². The van der Waals surface area contributed by atoms with E-state index in [-0.39, 0.29) is 11.6 Å². The van der Waals surface area contributed by atoms with Crippen molar-refractivity contribution in [3.8, 4) is 0 Å². The highest BCUT2D eigenvalue weighted by Crippen LogP contribution is 2.52. The minimum absolute atomic E-state index is 0.177. The molecule has 5 nitrogen and oxygen atoms in total. The fourth-order valence-electron chi connectivity index (χ4n) is 2.88. The lowest BCUT2D eigenvalue weighted by Crippen LogP contribution is -2.48. The monoisotopic (exact) mass is 310 g/mol. The third-order valence-corrected chi connectivity index (χ3v) is 5.30. The topological polar surface area (TPSA) is 64.8 Å². The Morgan fingerprint density at radius 2 is 2.19 bits per heavy atom. The first-order valence-electron chi connectivity index (χ1n) is 7.32. The van der Waals surface area contributed by atoms with Crippen molar-refractivity contribution in [2.45, 2.75) is 38.2 Å². The molecule has 0 unspecified atom stereocenters. The number of nitrogens with two attached hydrogens (primary N) is 1. The first-order chi connectivity index (χ1) is 9.93. The maximum absolute atomic E-state index is 11.9. The first-order valence-corrected chi connectivity index (χ1v) is 8.14. The van der Waals surface area contributed by atoms with Gasteiger partial charge in [0.1, 0.15) is 4.88 Å². The molecule has 0 amide bonds. The molecule has 2 heterocycles. The molecule has 21 heavy (non-hydrogen) atoms. The number of rotatable bonds is 3. The van der Waals surface area contributed by atoms with E-state index in [9.17, 15) is 4.79 Å². The molecule has 1 aromatic rings. The summed E-state index contributed by atoms with van der Waals surface area (Å²) in [7, 11) is 1.40. The van der Waals surface area contributed by atoms with Gasteiger partial charge in [-0.1, -0.05) is 0 Å². The zero-order chi connectivity index (χ0) is 15.2. The van der Waals surface area contributed by atoms with Crippen LogP contribution in [0.1, 0.15) is 47.8 Å². The number of nitrogen functional groups attached to an aromatic ring is 1. The molecule has 0 atom stereocenters.